The SMILES string of the molecule is Cc1cc(C)c2c(n1)sc1c(NC3CCSC3)nn(C)c12.Cc1cc(C)c2c(n1)sc1c(NCC3=CCC=C3)nn(C)c12.Cc1cc(C)c2c(n1)sc1c(NCC3=CCC=C3)nn(C)c12.Cc1cc(C)c2c(n1)sc1c(NCc3ccc(C)o3)nn(C)c12.Cc1cc(C)c2c(n1)sc1c(NCc3sc(C)nc3C)nn(C)c12. The van der Waals surface area contributed by atoms with Crippen molar-refractivity contribution in [1.29, 1.82) is 0 Å². The van der Waals surface area contributed by atoms with Crippen molar-refractivity contribution in [3.8, 4) is 0 Å². The molecule has 1 fully saturated rings. The number of fused-ring (bicyclic) bond motifs is 15. The number of aryl methyl sites for hydroxylation is 18. The molecule has 0 bridgehead atoms. The first-order valence-corrected chi connectivity index (χ1v) is 43.6. The number of allylic oxidation sites excluding steroid dienone is 4. The van der Waals surface area contributed by atoms with Crippen molar-refractivity contribution < 1.29 is 4.42 Å². The van der Waals surface area contributed by atoms with E-state index in [1.54, 1.807) is 68.0 Å². The van der Waals surface area contributed by atoms with Crippen molar-refractivity contribution in [2.24, 2.45) is 35.2 Å². The standard InChI is InChI=1S/C17H19N5S2.C17H18N4OS.2C17H18N4S.C15H18N4S2/c1-8-6-9(2)19-17-13(8)14-15(24-17)16(21-22(14)5)18-7-12-10(3)20-11(4)23-12;1-9-7-10(2)19-17-13(9)14-15(23-17)16(20-21(14)4)18-8-12-6-5-11(3)22-12;2*1-10-8-11(2)19-17-13(10)14-15(22-17)16(20-21(14)3)18-9-12-6-4-5-7-12;1-8-6-9(2)16-15-11(8)12-13(21-15)14(18-19(12)3)17-10-4-5-20-7-10/h6H,7H2,1-5H3,(H,18,21);5-7H,8H2,1-4H3,(H,18,20);2*4,6-8H,5,9H2,1-3H3,(H,18,20);6,10H,4-5,7H2,1-3H3,(H,17,18). The summed E-state index contributed by atoms with van der Waals surface area (Å²) in [5, 5.41) is 48.1. The first-order valence-electron chi connectivity index (χ1n) is 37.5. The first-order chi connectivity index (χ1) is 53.9. The van der Waals surface area contributed by atoms with E-state index >= 15 is 0 Å². The second-order valence-electron chi connectivity index (χ2n) is 29.3. The van der Waals surface area contributed by atoms with Gasteiger partial charge in [-0.3, -0.25) is 23.4 Å². The molecule has 112 heavy (non-hydrogen) atoms. The monoisotopic (exact) mass is 1620 g/mol. The van der Waals surface area contributed by atoms with Gasteiger partial charge in [0.25, 0.3) is 0 Å². The molecule has 1 saturated heterocycles. The number of hydrogen-bond acceptors (Lipinski definition) is 24. The largest absolute Gasteiger partial charge is 0.465 e. The van der Waals surface area contributed by atoms with E-state index in [9.17, 15) is 0 Å². The summed E-state index contributed by atoms with van der Waals surface area (Å²) in [6.07, 6.45) is 16.5. The average Bonchev–Trinajstić information content (AvgIpc) is 1.62. The van der Waals surface area contributed by atoms with E-state index < -0.39 is 0 Å². The molecule has 20 rings (SSSR count). The Labute approximate surface area is 677 Å². The van der Waals surface area contributed by atoms with E-state index in [4.69, 9.17) is 29.5 Å². The summed E-state index contributed by atoms with van der Waals surface area (Å²) in [5.41, 5.74) is 21.3. The van der Waals surface area contributed by atoms with Crippen molar-refractivity contribution in [3.63, 3.8) is 0 Å². The molecule has 29 heteroatoms. The Morgan fingerprint density at radius 3 is 1.04 bits per heavy atom. The number of nitrogens with zero attached hydrogens (tertiary/aromatic N) is 16. The van der Waals surface area contributed by atoms with Gasteiger partial charge in [0.2, 0.25) is 0 Å². The minimum Gasteiger partial charge on any atom is -0.465 e. The number of thiophene rings is 5. The number of anilines is 5. The van der Waals surface area contributed by atoms with Crippen molar-refractivity contribution in [1.82, 2.24) is 78.8 Å². The highest BCUT2D eigenvalue weighted by molar-refractivity contribution is 7.99. The topological polar surface area (TPSA) is 240 Å². The molecule has 3 aliphatic rings. The highest BCUT2D eigenvalue weighted by Gasteiger charge is 2.26. The maximum absolute atomic E-state index is 5.61. The van der Waals surface area contributed by atoms with Crippen LogP contribution in [0, 0.1) is 90.0 Å². The zero-order valence-corrected chi connectivity index (χ0v) is 72.1. The molecule has 22 nitrogen and oxygen atoms in total. The van der Waals surface area contributed by atoms with Gasteiger partial charge in [0.05, 0.1) is 74.9 Å². The van der Waals surface area contributed by atoms with E-state index in [2.05, 4.69) is 172 Å². The van der Waals surface area contributed by atoms with Crippen LogP contribution in [-0.4, -0.2) is 109 Å². The van der Waals surface area contributed by atoms with Crippen LogP contribution in [0.5, 0.6) is 0 Å². The second kappa shape index (κ2) is 31.2. The molecule has 0 spiro atoms. The van der Waals surface area contributed by atoms with E-state index in [-0.39, 0.29) is 0 Å². The van der Waals surface area contributed by atoms with Crippen molar-refractivity contribution >= 4 is 211 Å². The van der Waals surface area contributed by atoms with Crippen LogP contribution in [0.25, 0.3) is 102 Å². The molecule has 576 valence electrons. The summed E-state index contributed by atoms with van der Waals surface area (Å²) in [6, 6.07) is 15.2. The number of hydrogen-bond donors (Lipinski definition) is 5. The molecule has 17 aromatic rings. The molecule has 2 aliphatic carbocycles. The maximum Gasteiger partial charge on any atom is 0.166 e. The number of thioether (sulfide) groups is 1. The number of aromatic nitrogens is 16. The van der Waals surface area contributed by atoms with E-state index in [0.717, 1.165) is 147 Å². The number of rotatable bonds is 14. The molecule has 1 unspecified atom stereocenters. The molecule has 1 aliphatic heterocycles. The predicted molar refractivity (Wildman–Crippen MR) is 477 cm³/mol. The van der Waals surface area contributed by atoms with E-state index in [1.807, 2.05) is 124 Å². The van der Waals surface area contributed by atoms with E-state index in [1.165, 1.54) is 130 Å². The van der Waals surface area contributed by atoms with Gasteiger partial charge in [-0.25, -0.2) is 29.9 Å². The van der Waals surface area contributed by atoms with Gasteiger partial charge < -0.3 is 31.0 Å². The van der Waals surface area contributed by atoms with Crippen LogP contribution in [0.3, 0.4) is 0 Å². The lowest BCUT2D eigenvalue weighted by atomic mass is 10.1. The Balaban J connectivity index is 0.000000106. The summed E-state index contributed by atoms with van der Waals surface area (Å²) >= 11 is 12.4. The third-order valence-electron chi connectivity index (χ3n) is 20.3. The summed E-state index contributed by atoms with van der Waals surface area (Å²) in [7, 11) is 10.0. The molecular formula is C83H91N21OS7. The molecule has 17 aromatic heterocycles. The molecule has 0 radical (unpaired) electrons. The highest BCUT2D eigenvalue weighted by atomic mass is 32.2. The third-order valence-corrected chi connectivity index (χ3v) is 27.9. The number of thiazole rings is 1. The number of furan rings is 1. The fraction of sp³-hybridized carbons (Fsp3) is 0.337. The number of pyridine rings is 5. The van der Waals surface area contributed by atoms with Gasteiger partial charge in [-0.2, -0.15) is 37.3 Å². The highest BCUT2D eigenvalue weighted by Crippen LogP contribution is 2.45. The Bertz CT molecular complexity index is 6490. The predicted octanol–water partition coefficient (Wildman–Crippen LogP) is 20.7. The fourth-order valence-corrected chi connectivity index (χ4v) is 23.8. The van der Waals surface area contributed by atoms with Crippen LogP contribution < -0.4 is 26.6 Å². The molecule has 18 heterocycles. The Kier molecular flexibility index (Phi) is 21.2. The van der Waals surface area contributed by atoms with Crippen LogP contribution in [0.1, 0.15) is 103 Å². The van der Waals surface area contributed by atoms with Crippen molar-refractivity contribution in [2.75, 3.05) is 51.2 Å². The fourth-order valence-electron chi connectivity index (χ4n) is 15.4. The lowest BCUT2D eigenvalue weighted by molar-refractivity contribution is 0.490. The quantitative estimate of drug-likeness (QED) is 0.0680. The zero-order chi connectivity index (χ0) is 78.2. The average molecular weight is 1620 g/mol. The van der Waals surface area contributed by atoms with Gasteiger partial charge in [-0.05, 0) is 196 Å². The summed E-state index contributed by atoms with van der Waals surface area (Å²) in [6.45, 7) is 30.1. The van der Waals surface area contributed by atoms with Crippen LogP contribution >= 0.6 is 79.8 Å². The lowest BCUT2D eigenvalue weighted by Crippen LogP contribution is -2.18. The lowest BCUT2D eigenvalue weighted by Gasteiger charge is -2.09. The maximum atomic E-state index is 5.61. The minimum atomic E-state index is 0.550. The molecule has 0 saturated carbocycles. The molecule has 0 amide bonds. The smallest absolute Gasteiger partial charge is 0.166 e. The molecular weight excluding hydrogens is 1530 g/mol. The zero-order valence-electron chi connectivity index (χ0n) is 66.4. The van der Waals surface area contributed by atoms with Crippen LogP contribution in [0.15, 0.2) is 94.5 Å². The van der Waals surface area contributed by atoms with Gasteiger partial charge in [0, 0.05) is 120 Å². The second-order valence-corrected chi connectivity index (χ2v) is 36.7. The van der Waals surface area contributed by atoms with Crippen LogP contribution in [0.2, 0.25) is 0 Å². The molecule has 0 aromatic carbocycles. The third kappa shape index (κ3) is 15.0. The normalized spacial score (nSPS) is 14.0. The summed E-state index contributed by atoms with van der Waals surface area (Å²) in [5.74, 6) is 9.02. The van der Waals surface area contributed by atoms with Gasteiger partial charge in [0.15, 0.2) is 29.1 Å². The Hall–Kier alpha value is -9.88. The van der Waals surface area contributed by atoms with Gasteiger partial charge in [-0.15, -0.1) is 68.0 Å². The van der Waals surface area contributed by atoms with Crippen molar-refractivity contribution in [2.45, 2.75) is 128 Å². The van der Waals surface area contributed by atoms with Crippen LogP contribution in [0.4, 0.5) is 29.1 Å². The Morgan fingerprint density at radius 1 is 0.402 bits per heavy atom. The van der Waals surface area contributed by atoms with Gasteiger partial charge in [0.1, 0.15) is 35.7 Å². The Morgan fingerprint density at radius 2 is 0.741 bits per heavy atom. The summed E-state index contributed by atoms with van der Waals surface area (Å²) in [4.78, 5) is 34.7. The van der Waals surface area contributed by atoms with Gasteiger partial charge in [-0.1, -0.05) is 36.5 Å². The van der Waals surface area contributed by atoms with Crippen molar-refractivity contribution in [3.05, 3.63) is 173 Å². The number of nitrogens with one attached hydrogen (secondary N) is 5. The van der Waals surface area contributed by atoms with E-state index in [0.29, 0.717) is 12.6 Å². The van der Waals surface area contributed by atoms with Crippen LogP contribution in [-0.2, 0) is 48.3 Å². The first kappa shape index (κ1) is 76.1. The molecule has 5 N–H and O–H groups in total. The molecule has 1 atom stereocenters. The minimum absolute atomic E-state index is 0.550. The summed E-state index contributed by atoms with van der Waals surface area (Å²) < 4.78 is 21.4. The van der Waals surface area contributed by atoms with Gasteiger partial charge >= 0.3 is 0 Å².